The minimum atomic E-state index is -0.790. The number of carbonyl (C=O) groups is 1. The molecule has 1 aliphatic rings. The van der Waals surface area contributed by atoms with Crippen molar-refractivity contribution < 1.29 is 9.90 Å². The molecule has 92 valence electrons. The summed E-state index contributed by atoms with van der Waals surface area (Å²) in [6.07, 6.45) is 0.594. The van der Waals surface area contributed by atoms with Gasteiger partial charge in [0.15, 0.2) is 0 Å². The highest BCUT2D eigenvalue weighted by atomic mass is 16.3. The molecule has 1 aromatic rings. The Morgan fingerprint density at radius 1 is 1.35 bits per heavy atom. The standard InChI is InChI=1S/C12H17N3O2/c1-12(17)2-3-15(7-12)11(16)8-4-9(13)6-10(14)5-8/h4-6,17H,2-3,7,13-14H2,1H3. The summed E-state index contributed by atoms with van der Waals surface area (Å²) in [5.41, 5.74) is 11.9. The van der Waals surface area contributed by atoms with Gasteiger partial charge in [-0.1, -0.05) is 0 Å². The predicted octanol–water partition coefficient (Wildman–Crippen LogP) is 0.448. The highest BCUT2D eigenvalue weighted by Gasteiger charge is 2.34. The normalized spacial score (nSPS) is 24.0. The highest BCUT2D eigenvalue weighted by molar-refractivity contribution is 5.96. The molecule has 5 N–H and O–H groups in total. The zero-order valence-corrected chi connectivity index (χ0v) is 9.81. The monoisotopic (exact) mass is 235 g/mol. The molecule has 0 saturated carbocycles. The van der Waals surface area contributed by atoms with Gasteiger partial charge < -0.3 is 21.5 Å². The fourth-order valence-corrected chi connectivity index (χ4v) is 2.10. The molecule has 2 rings (SSSR count). The summed E-state index contributed by atoms with van der Waals surface area (Å²) >= 11 is 0. The van der Waals surface area contributed by atoms with Gasteiger partial charge in [-0.3, -0.25) is 4.79 Å². The number of aliphatic hydroxyl groups is 1. The number of anilines is 2. The first-order valence-corrected chi connectivity index (χ1v) is 5.55. The van der Waals surface area contributed by atoms with Gasteiger partial charge >= 0.3 is 0 Å². The molecule has 0 aliphatic carbocycles. The summed E-state index contributed by atoms with van der Waals surface area (Å²) in [6.45, 7) is 2.63. The van der Waals surface area contributed by atoms with Crippen LogP contribution in [0.4, 0.5) is 11.4 Å². The van der Waals surface area contributed by atoms with Crippen molar-refractivity contribution in [1.29, 1.82) is 0 Å². The van der Waals surface area contributed by atoms with E-state index in [1.54, 1.807) is 30.0 Å². The molecule has 1 atom stereocenters. The molecular weight excluding hydrogens is 218 g/mol. The van der Waals surface area contributed by atoms with E-state index in [0.717, 1.165) is 0 Å². The Morgan fingerprint density at radius 2 is 1.94 bits per heavy atom. The number of rotatable bonds is 1. The third-order valence-electron chi connectivity index (χ3n) is 2.96. The van der Waals surface area contributed by atoms with E-state index in [9.17, 15) is 9.90 Å². The number of nitrogens with two attached hydrogens (primary N) is 2. The number of hydrogen-bond donors (Lipinski definition) is 3. The number of likely N-dealkylation sites (tertiary alicyclic amines) is 1. The summed E-state index contributed by atoms with van der Waals surface area (Å²) in [7, 11) is 0. The second kappa shape index (κ2) is 3.92. The molecule has 1 heterocycles. The Bertz CT molecular complexity index is 437. The maximum absolute atomic E-state index is 12.1. The van der Waals surface area contributed by atoms with Crippen molar-refractivity contribution in [2.24, 2.45) is 0 Å². The maximum atomic E-state index is 12.1. The van der Waals surface area contributed by atoms with Crippen molar-refractivity contribution in [3.05, 3.63) is 23.8 Å². The summed E-state index contributed by atoms with van der Waals surface area (Å²) in [4.78, 5) is 13.8. The summed E-state index contributed by atoms with van der Waals surface area (Å²) in [6, 6.07) is 4.81. The number of hydrogen-bond acceptors (Lipinski definition) is 4. The number of carbonyl (C=O) groups excluding carboxylic acids is 1. The predicted molar refractivity (Wildman–Crippen MR) is 66.4 cm³/mol. The van der Waals surface area contributed by atoms with E-state index in [1.165, 1.54) is 0 Å². The third kappa shape index (κ3) is 2.50. The van der Waals surface area contributed by atoms with E-state index in [2.05, 4.69) is 0 Å². The van der Waals surface area contributed by atoms with Gasteiger partial charge in [0.25, 0.3) is 5.91 Å². The Balaban J connectivity index is 2.20. The van der Waals surface area contributed by atoms with Crippen molar-refractivity contribution in [1.82, 2.24) is 4.90 Å². The minimum absolute atomic E-state index is 0.137. The van der Waals surface area contributed by atoms with Gasteiger partial charge in [-0.2, -0.15) is 0 Å². The quantitative estimate of drug-likeness (QED) is 0.616. The fourth-order valence-electron chi connectivity index (χ4n) is 2.10. The van der Waals surface area contributed by atoms with Crippen molar-refractivity contribution in [3.8, 4) is 0 Å². The van der Waals surface area contributed by atoms with Crippen LogP contribution in [0.25, 0.3) is 0 Å². The average molecular weight is 235 g/mol. The SMILES string of the molecule is CC1(O)CCN(C(=O)c2cc(N)cc(N)c2)C1. The molecule has 0 aromatic heterocycles. The Labute approximate surface area is 100 Å². The molecule has 5 heteroatoms. The molecule has 1 unspecified atom stereocenters. The Hall–Kier alpha value is -1.75. The first-order valence-electron chi connectivity index (χ1n) is 5.55. The number of amides is 1. The molecule has 5 nitrogen and oxygen atoms in total. The topological polar surface area (TPSA) is 92.6 Å². The highest BCUT2D eigenvalue weighted by Crippen LogP contribution is 2.23. The second-order valence-corrected chi connectivity index (χ2v) is 4.86. The van der Waals surface area contributed by atoms with Crippen LogP contribution in [0, 0.1) is 0 Å². The van der Waals surface area contributed by atoms with Gasteiger partial charge in [0, 0.05) is 30.0 Å². The molecule has 1 fully saturated rings. The second-order valence-electron chi connectivity index (χ2n) is 4.86. The number of nitrogen functional groups attached to an aromatic ring is 2. The van der Waals surface area contributed by atoms with Gasteiger partial charge in [-0.25, -0.2) is 0 Å². The maximum Gasteiger partial charge on any atom is 0.254 e. The van der Waals surface area contributed by atoms with Crippen LogP contribution in [-0.4, -0.2) is 34.6 Å². The van der Waals surface area contributed by atoms with Crippen molar-refractivity contribution in [2.75, 3.05) is 24.6 Å². The van der Waals surface area contributed by atoms with Gasteiger partial charge in [0.05, 0.1) is 5.60 Å². The van der Waals surface area contributed by atoms with Gasteiger partial charge in [-0.05, 0) is 31.5 Å². The van der Waals surface area contributed by atoms with Crippen LogP contribution in [0.1, 0.15) is 23.7 Å². The molecule has 0 bridgehead atoms. The fraction of sp³-hybridized carbons (Fsp3) is 0.417. The van der Waals surface area contributed by atoms with E-state index in [1.807, 2.05) is 0 Å². The summed E-state index contributed by atoms with van der Waals surface area (Å²) in [5.74, 6) is -0.137. The van der Waals surface area contributed by atoms with Gasteiger partial charge in [0.1, 0.15) is 0 Å². The lowest BCUT2D eigenvalue weighted by atomic mass is 10.1. The molecule has 17 heavy (non-hydrogen) atoms. The molecular formula is C12H17N3O2. The van der Waals surface area contributed by atoms with Crippen LogP contribution < -0.4 is 11.5 Å². The third-order valence-corrected chi connectivity index (χ3v) is 2.96. The smallest absolute Gasteiger partial charge is 0.254 e. The molecule has 1 aromatic carbocycles. The lowest BCUT2D eigenvalue weighted by Crippen LogP contribution is -2.33. The van der Waals surface area contributed by atoms with Crippen LogP contribution in [-0.2, 0) is 0 Å². The lowest BCUT2D eigenvalue weighted by molar-refractivity contribution is 0.0572. The van der Waals surface area contributed by atoms with Crippen molar-refractivity contribution in [2.45, 2.75) is 18.9 Å². The molecule has 0 spiro atoms. The Kier molecular flexibility index (Phi) is 2.71. The number of β-amino-alcohol motifs (C(OH)–C–C–N with tert-alkyl or cyclic N) is 1. The molecule has 0 radical (unpaired) electrons. The van der Waals surface area contributed by atoms with Crippen LogP contribution in [0.2, 0.25) is 0 Å². The van der Waals surface area contributed by atoms with Crippen LogP contribution >= 0.6 is 0 Å². The van der Waals surface area contributed by atoms with E-state index in [-0.39, 0.29) is 5.91 Å². The zero-order valence-electron chi connectivity index (χ0n) is 9.81. The summed E-state index contributed by atoms with van der Waals surface area (Å²) < 4.78 is 0. The molecule has 1 amide bonds. The minimum Gasteiger partial charge on any atom is -0.399 e. The van der Waals surface area contributed by atoms with Crippen molar-refractivity contribution in [3.63, 3.8) is 0 Å². The van der Waals surface area contributed by atoms with Crippen LogP contribution in [0.15, 0.2) is 18.2 Å². The largest absolute Gasteiger partial charge is 0.399 e. The van der Waals surface area contributed by atoms with E-state index >= 15 is 0 Å². The zero-order chi connectivity index (χ0) is 12.6. The first-order chi connectivity index (χ1) is 7.87. The molecule has 1 saturated heterocycles. The van der Waals surface area contributed by atoms with Gasteiger partial charge in [-0.15, -0.1) is 0 Å². The molecule has 1 aliphatic heterocycles. The Morgan fingerprint density at radius 3 is 2.41 bits per heavy atom. The van der Waals surface area contributed by atoms with Gasteiger partial charge in [0.2, 0.25) is 0 Å². The number of benzene rings is 1. The van der Waals surface area contributed by atoms with Crippen molar-refractivity contribution >= 4 is 17.3 Å². The van der Waals surface area contributed by atoms with Crippen LogP contribution in [0.5, 0.6) is 0 Å². The van der Waals surface area contributed by atoms with Crippen LogP contribution in [0.3, 0.4) is 0 Å². The summed E-state index contributed by atoms with van der Waals surface area (Å²) in [5, 5.41) is 9.83. The average Bonchev–Trinajstić information content (AvgIpc) is 2.56. The van der Waals surface area contributed by atoms with E-state index in [4.69, 9.17) is 11.5 Å². The number of nitrogens with zero attached hydrogens (tertiary/aromatic N) is 1. The van der Waals surface area contributed by atoms with E-state index in [0.29, 0.717) is 36.4 Å². The first kappa shape index (κ1) is 11.7. The lowest BCUT2D eigenvalue weighted by Gasteiger charge is -2.19. The van der Waals surface area contributed by atoms with E-state index < -0.39 is 5.60 Å².